The third-order valence-corrected chi connectivity index (χ3v) is 6.47. The Labute approximate surface area is 200 Å². The molecule has 160 valence electrons. The smallest absolute Gasteiger partial charge is 0.170 e. The highest BCUT2D eigenvalue weighted by Gasteiger charge is 2.29. The Balaban J connectivity index is 1.60. The van der Waals surface area contributed by atoms with E-state index < -0.39 is 0 Å². The Morgan fingerprint density at radius 1 is 0.781 bits per heavy atom. The summed E-state index contributed by atoms with van der Waals surface area (Å²) in [7, 11) is 0. The molecule has 4 aromatic rings. The van der Waals surface area contributed by atoms with E-state index in [1.807, 2.05) is 66.7 Å². The maximum atomic E-state index is 6.39. The second-order valence-electron chi connectivity index (χ2n) is 7.41. The first-order valence-corrected chi connectivity index (χ1v) is 11.5. The Morgan fingerprint density at radius 2 is 1.38 bits per heavy atom. The Morgan fingerprint density at radius 3 is 2.00 bits per heavy atom. The molecule has 0 amide bonds. The van der Waals surface area contributed by atoms with Crippen molar-refractivity contribution in [3.05, 3.63) is 106 Å². The average molecular weight is 480 g/mol. The zero-order chi connectivity index (χ0) is 22.1. The summed E-state index contributed by atoms with van der Waals surface area (Å²) in [5.74, 6) is 2.10. The van der Waals surface area contributed by atoms with Crippen LogP contribution in [-0.4, -0.2) is 15.4 Å². The van der Waals surface area contributed by atoms with Gasteiger partial charge in [0.05, 0.1) is 18.7 Å². The van der Waals surface area contributed by atoms with Gasteiger partial charge in [0, 0.05) is 22.2 Å². The standard InChI is InChI=1S/C24H19Cl2N5S/c25-19-10-6-16(7-11-19)14-30-21-22(27)29-32-31(15-17-8-12-20(26)13-9-17)24(21)28-23(30)18-4-2-1-3-5-18/h1-13H,14-15H2,(H2,27,29). The molecule has 3 aromatic carbocycles. The van der Waals surface area contributed by atoms with Crippen LogP contribution in [-0.2, 0) is 13.1 Å². The lowest BCUT2D eigenvalue weighted by Crippen LogP contribution is -2.27. The summed E-state index contributed by atoms with van der Waals surface area (Å²) >= 11 is 13.4. The largest absolute Gasteiger partial charge is 0.381 e. The molecule has 0 aliphatic carbocycles. The van der Waals surface area contributed by atoms with E-state index in [1.165, 1.54) is 12.1 Å². The van der Waals surface area contributed by atoms with Crippen LogP contribution in [0.5, 0.6) is 0 Å². The molecule has 0 saturated heterocycles. The molecule has 0 radical (unpaired) electrons. The summed E-state index contributed by atoms with van der Waals surface area (Å²) in [5.41, 5.74) is 10.4. The molecule has 0 saturated carbocycles. The lowest BCUT2D eigenvalue weighted by atomic mass is 10.2. The Kier molecular flexibility index (Phi) is 5.83. The summed E-state index contributed by atoms with van der Waals surface area (Å²) in [6.07, 6.45) is 0. The van der Waals surface area contributed by atoms with E-state index in [2.05, 4.69) is 25.4 Å². The molecule has 0 bridgehead atoms. The summed E-state index contributed by atoms with van der Waals surface area (Å²) in [4.78, 5) is 5.04. The molecule has 1 aliphatic heterocycles. The maximum absolute atomic E-state index is 6.39. The van der Waals surface area contributed by atoms with Gasteiger partial charge in [-0.25, -0.2) is 4.98 Å². The van der Waals surface area contributed by atoms with Gasteiger partial charge in [0.15, 0.2) is 11.7 Å². The zero-order valence-electron chi connectivity index (χ0n) is 17.0. The van der Waals surface area contributed by atoms with Gasteiger partial charge >= 0.3 is 0 Å². The molecule has 1 aliphatic rings. The molecular formula is C24H19Cl2N5S. The van der Waals surface area contributed by atoms with Gasteiger partial charge in [0.25, 0.3) is 0 Å². The van der Waals surface area contributed by atoms with Crippen LogP contribution >= 0.6 is 35.3 Å². The molecule has 0 fully saturated rings. The minimum absolute atomic E-state index is 0.459. The second-order valence-corrected chi connectivity index (χ2v) is 9.07. The third-order valence-electron chi connectivity index (χ3n) is 5.19. The molecule has 32 heavy (non-hydrogen) atoms. The lowest BCUT2D eigenvalue weighted by molar-refractivity contribution is 0.797. The molecule has 5 rings (SSSR count). The van der Waals surface area contributed by atoms with Crippen molar-refractivity contribution in [3.63, 3.8) is 0 Å². The van der Waals surface area contributed by atoms with Crippen molar-refractivity contribution in [2.45, 2.75) is 13.1 Å². The van der Waals surface area contributed by atoms with Crippen molar-refractivity contribution < 1.29 is 0 Å². The number of rotatable bonds is 5. The van der Waals surface area contributed by atoms with Crippen LogP contribution < -0.4 is 10.0 Å². The molecule has 0 spiro atoms. The topological polar surface area (TPSA) is 59.4 Å². The molecule has 5 nitrogen and oxygen atoms in total. The van der Waals surface area contributed by atoms with E-state index in [9.17, 15) is 0 Å². The predicted molar refractivity (Wildman–Crippen MR) is 134 cm³/mol. The van der Waals surface area contributed by atoms with Crippen molar-refractivity contribution in [1.29, 1.82) is 0 Å². The van der Waals surface area contributed by atoms with E-state index >= 15 is 0 Å². The van der Waals surface area contributed by atoms with E-state index in [4.69, 9.17) is 33.9 Å². The van der Waals surface area contributed by atoms with Crippen LogP contribution in [0.15, 0.2) is 83.3 Å². The predicted octanol–water partition coefficient (Wildman–Crippen LogP) is 6.19. The number of halogens is 2. The van der Waals surface area contributed by atoms with Crippen molar-refractivity contribution in [1.82, 2.24) is 9.55 Å². The first kappa shape index (κ1) is 20.9. The lowest BCUT2D eigenvalue weighted by Gasteiger charge is -2.24. The van der Waals surface area contributed by atoms with Gasteiger partial charge in [0.2, 0.25) is 0 Å². The number of hydrogen-bond donors (Lipinski definition) is 1. The maximum Gasteiger partial charge on any atom is 0.170 e. The van der Waals surface area contributed by atoms with Gasteiger partial charge < -0.3 is 10.3 Å². The highest BCUT2D eigenvalue weighted by Crippen LogP contribution is 2.37. The molecule has 0 unspecified atom stereocenters. The van der Waals surface area contributed by atoms with Crippen molar-refractivity contribution >= 4 is 47.0 Å². The molecule has 1 aromatic heterocycles. The number of benzene rings is 3. The van der Waals surface area contributed by atoms with E-state index in [0.717, 1.165) is 34.0 Å². The van der Waals surface area contributed by atoms with Crippen LogP contribution in [0.1, 0.15) is 16.8 Å². The number of fused-ring (bicyclic) bond motifs is 1. The van der Waals surface area contributed by atoms with Crippen LogP contribution in [0.25, 0.3) is 11.4 Å². The first-order chi connectivity index (χ1) is 15.6. The number of hydrogen-bond acceptors (Lipinski definition) is 5. The van der Waals surface area contributed by atoms with Crippen molar-refractivity contribution in [2.24, 2.45) is 10.1 Å². The molecular weight excluding hydrogens is 461 g/mol. The molecule has 2 heterocycles. The highest BCUT2D eigenvalue weighted by molar-refractivity contribution is 7.99. The zero-order valence-corrected chi connectivity index (χ0v) is 19.3. The minimum atomic E-state index is 0.459. The fraction of sp³-hybridized carbons (Fsp3) is 0.0833. The van der Waals surface area contributed by atoms with Gasteiger partial charge in [-0.3, -0.25) is 4.31 Å². The van der Waals surface area contributed by atoms with Gasteiger partial charge in [-0.1, -0.05) is 77.8 Å². The first-order valence-electron chi connectivity index (χ1n) is 10.0. The number of nitrogens with zero attached hydrogens (tertiary/aromatic N) is 4. The fourth-order valence-corrected chi connectivity index (χ4v) is 4.57. The third kappa shape index (κ3) is 4.21. The van der Waals surface area contributed by atoms with Crippen LogP contribution in [0.4, 0.5) is 5.82 Å². The SMILES string of the molecule is NC1=NSN(Cc2ccc(Cl)cc2)c2nc(-c3ccccc3)n(Cc3ccc(Cl)cc3)c21. The van der Waals surface area contributed by atoms with Crippen LogP contribution in [0.2, 0.25) is 10.0 Å². The minimum Gasteiger partial charge on any atom is -0.381 e. The van der Waals surface area contributed by atoms with Crippen molar-refractivity contribution in [2.75, 3.05) is 4.31 Å². The number of nitrogens with two attached hydrogens (primary N) is 1. The normalized spacial score (nSPS) is 13.1. The second kappa shape index (κ2) is 8.90. The molecule has 0 atom stereocenters. The number of amidine groups is 1. The highest BCUT2D eigenvalue weighted by atomic mass is 35.5. The van der Waals surface area contributed by atoms with Crippen LogP contribution in [0, 0.1) is 0 Å². The van der Waals surface area contributed by atoms with E-state index in [-0.39, 0.29) is 0 Å². The summed E-state index contributed by atoms with van der Waals surface area (Å²) in [6.45, 7) is 1.22. The number of anilines is 1. The Hall–Kier alpha value is -2.93. The van der Waals surface area contributed by atoms with Crippen LogP contribution in [0.3, 0.4) is 0 Å². The molecule has 8 heteroatoms. The van der Waals surface area contributed by atoms with Gasteiger partial charge in [0.1, 0.15) is 11.5 Å². The fourth-order valence-electron chi connectivity index (χ4n) is 3.64. The quantitative estimate of drug-likeness (QED) is 0.346. The van der Waals surface area contributed by atoms with Crippen molar-refractivity contribution in [3.8, 4) is 11.4 Å². The summed E-state index contributed by atoms with van der Waals surface area (Å²) < 4.78 is 8.70. The van der Waals surface area contributed by atoms with Gasteiger partial charge in [-0.2, -0.15) is 4.40 Å². The Bertz CT molecular complexity index is 1270. The summed E-state index contributed by atoms with van der Waals surface area (Å²) in [5, 5.41) is 1.41. The number of imidazole rings is 1. The van der Waals surface area contributed by atoms with E-state index in [0.29, 0.717) is 29.0 Å². The van der Waals surface area contributed by atoms with Gasteiger partial charge in [-0.05, 0) is 35.4 Å². The van der Waals surface area contributed by atoms with Gasteiger partial charge in [-0.15, -0.1) is 0 Å². The monoisotopic (exact) mass is 479 g/mol. The van der Waals surface area contributed by atoms with E-state index in [1.54, 1.807) is 0 Å². The summed E-state index contributed by atoms with van der Waals surface area (Å²) in [6, 6.07) is 25.7. The average Bonchev–Trinajstić information content (AvgIpc) is 3.19. The number of aromatic nitrogens is 2. The molecule has 2 N–H and O–H groups in total.